The highest BCUT2D eigenvalue weighted by Gasteiger charge is 2.07. The Kier molecular flexibility index (Phi) is 3.99. The molecule has 1 aromatic carbocycles. The van der Waals surface area contributed by atoms with Gasteiger partial charge in [0.25, 0.3) is 0 Å². The van der Waals surface area contributed by atoms with Crippen molar-refractivity contribution in [2.75, 3.05) is 5.75 Å². The summed E-state index contributed by atoms with van der Waals surface area (Å²) < 4.78 is 1.66. The molecule has 0 radical (unpaired) electrons. The van der Waals surface area contributed by atoms with Crippen molar-refractivity contribution in [2.45, 2.75) is 19.0 Å². The zero-order chi connectivity index (χ0) is 13.0. The molecular weight excluding hydrogens is 248 g/mol. The number of nitrogens with zero attached hydrogens (tertiary/aromatic N) is 4. The highest BCUT2D eigenvalue weighted by atomic mass is 32.2. The van der Waals surface area contributed by atoms with Crippen LogP contribution in [0, 0.1) is 0 Å². The van der Waals surface area contributed by atoms with Crippen LogP contribution in [0.15, 0.2) is 41.1 Å². The molecule has 0 bridgehead atoms. The summed E-state index contributed by atoms with van der Waals surface area (Å²) in [5.41, 5.74) is 2.10. The quantitative estimate of drug-likeness (QED) is 0.677. The van der Waals surface area contributed by atoms with Crippen LogP contribution in [0.4, 0.5) is 0 Å². The fourth-order valence-corrected chi connectivity index (χ4v) is 2.23. The Bertz CT molecular complexity index is 543. The number of hydrogen-bond donors (Lipinski definition) is 1. The van der Waals surface area contributed by atoms with Crippen LogP contribution >= 0.6 is 11.8 Å². The van der Waals surface area contributed by atoms with Gasteiger partial charge in [0.15, 0.2) is 0 Å². The molecule has 2 aromatic rings. The number of rotatable bonds is 4. The number of benzene rings is 1. The smallest absolute Gasteiger partial charge is 0.214 e. The van der Waals surface area contributed by atoms with E-state index in [0.717, 1.165) is 16.6 Å². The van der Waals surface area contributed by atoms with Gasteiger partial charge in [-0.05, 0) is 48.5 Å². The molecule has 0 aliphatic heterocycles. The molecule has 1 heterocycles. The summed E-state index contributed by atoms with van der Waals surface area (Å²) in [7, 11) is 0. The number of phenols is 1. The molecule has 1 aromatic heterocycles. The van der Waals surface area contributed by atoms with Gasteiger partial charge >= 0.3 is 0 Å². The highest BCUT2D eigenvalue weighted by Crippen LogP contribution is 2.20. The number of aromatic nitrogens is 4. The molecule has 0 saturated heterocycles. The molecule has 0 fully saturated rings. The van der Waals surface area contributed by atoms with Gasteiger partial charge in [-0.3, -0.25) is 0 Å². The van der Waals surface area contributed by atoms with Crippen molar-refractivity contribution >= 4 is 11.8 Å². The van der Waals surface area contributed by atoms with Crippen molar-refractivity contribution in [1.29, 1.82) is 0 Å². The average Bonchev–Trinajstić information content (AvgIpc) is 2.78. The van der Waals surface area contributed by atoms with Gasteiger partial charge in [-0.25, -0.2) is 0 Å². The second-order valence-corrected chi connectivity index (χ2v) is 4.97. The summed E-state index contributed by atoms with van der Waals surface area (Å²) in [5.74, 6) is 1.06. The third-order valence-corrected chi connectivity index (χ3v) is 3.09. The second kappa shape index (κ2) is 5.68. The summed E-state index contributed by atoms with van der Waals surface area (Å²) >= 11 is 1.57. The van der Waals surface area contributed by atoms with Crippen molar-refractivity contribution in [3.63, 3.8) is 0 Å². The minimum atomic E-state index is 0.227. The van der Waals surface area contributed by atoms with E-state index in [4.69, 9.17) is 0 Å². The highest BCUT2D eigenvalue weighted by molar-refractivity contribution is 7.99. The van der Waals surface area contributed by atoms with Crippen molar-refractivity contribution < 1.29 is 5.11 Å². The van der Waals surface area contributed by atoms with E-state index >= 15 is 0 Å². The minimum Gasteiger partial charge on any atom is -0.508 e. The van der Waals surface area contributed by atoms with E-state index in [2.05, 4.69) is 35.4 Å². The standard InChI is InChI=1S/C12H14N4OS/c1-9(2)7-8-18-12-13-14-15-16(12)10-3-5-11(17)6-4-10/h3-7,17H,8H2,1-2H3. The summed E-state index contributed by atoms with van der Waals surface area (Å²) in [6, 6.07) is 6.77. The first-order valence-corrected chi connectivity index (χ1v) is 6.49. The fraction of sp³-hybridized carbons (Fsp3) is 0.250. The number of hydrogen-bond acceptors (Lipinski definition) is 5. The van der Waals surface area contributed by atoms with Gasteiger partial charge in [0.2, 0.25) is 5.16 Å². The van der Waals surface area contributed by atoms with Crippen LogP contribution in [0.1, 0.15) is 13.8 Å². The van der Waals surface area contributed by atoms with E-state index in [1.54, 1.807) is 40.7 Å². The van der Waals surface area contributed by atoms with Crippen LogP contribution in [0.5, 0.6) is 5.75 Å². The molecule has 0 aliphatic carbocycles. The maximum atomic E-state index is 9.25. The summed E-state index contributed by atoms with van der Waals surface area (Å²) in [5, 5.41) is 21.6. The number of phenolic OH excluding ortho intramolecular Hbond substituents is 1. The molecule has 18 heavy (non-hydrogen) atoms. The average molecular weight is 262 g/mol. The molecule has 0 unspecified atom stereocenters. The van der Waals surface area contributed by atoms with E-state index in [1.165, 1.54) is 5.57 Å². The minimum absolute atomic E-state index is 0.227. The Balaban J connectivity index is 2.17. The predicted octanol–water partition coefficient (Wildman–Crippen LogP) is 2.43. The van der Waals surface area contributed by atoms with Crippen LogP contribution < -0.4 is 0 Å². The van der Waals surface area contributed by atoms with Crippen LogP contribution in [-0.4, -0.2) is 31.1 Å². The molecular formula is C12H14N4OS. The number of aromatic hydroxyl groups is 1. The Morgan fingerprint density at radius 1 is 1.33 bits per heavy atom. The van der Waals surface area contributed by atoms with Gasteiger partial charge in [-0.2, -0.15) is 4.68 Å². The molecule has 0 atom stereocenters. The maximum absolute atomic E-state index is 9.25. The Morgan fingerprint density at radius 3 is 2.72 bits per heavy atom. The van der Waals surface area contributed by atoms with Crippen molar-refractivity contribution in [3.8, 4) is 11.4 Å². The first kappa shape index (κ1) is 12.6. The van der Waals surface area contributed by atoms with Crippen molar-refractivity contribution in [1.82, 2.24) is 20.2 Å². The lowest BCUT2D eigenvalue weighted by Gasteiger charge is -2.03. The maximum Gasteiger partial charge on any atom is 0.214 e. The van der Waals surface area contributed by atoms with E-state index in [-0.39, 0.29) is 5.75 Å². The third kappa shape index (κ3) is 3.10. The van der Waals surface area contributed by atoms with Crippen LogP contribution in [-0.2, 0) is 0 Å². The lowest BCUT2D eigenvalue weighted by atomic mass is 10.3. The SMILES string of the molecule is CC(C)=CCSc1nnnn1-c1ccc(O)cc1. The fourth-order valence-electron chi connectivity index (χ4n) is 1.31. The van der Waals surface area contributed by atoms with Gasteiger partial charge < -0.3 is 5.11 Å². The first-order valence-electron chi connectivity index (χ1n) is 5.51. The van der Waals surface area contributed by atoms with E-state index < -0.39 is 0 Å². The van der Waals surface area contributed by atoms with Crippen LogP contribution in [0.25, 0.3) is 5.69 Å². The van der Waals surface area contributed by atoms with E-state index in [0.29, 0.717) is 0 Å². The summed E-state index contributed by atoms with van der Waals surface area (Å²) in [6.45, 7) is 4.12. The van der Waals surface area contributed by atoms with E-state index in [1.807, 2.05) is 0 Å². The number of allylic oxidation sites excluding steroid dienone is 1. The number of tetrazole rings is 1. The molecule has 0 amide bonds. The summed E-state index contributed by atoms with van der Waals surface area (Å²) in [6.07, 6.45) is 2.13. The molecule has 94 valence electrons. The second-order valence-electron chi connectivity index (χ2n) is 3.98. The van der Waals surface area contributed by atoms with Crippen molar-refractivity contribution in [3.05, 3.63) is 35.9 Å². The summed E-state index contributed by atoms with van der Waals surface area (Å²) in [4.78, 5) is 0. The molecule has 0 saturated carbocycles. The monoisotopic (exact) mass is 262 g/mol. The Labute approximate surface area is 110 Å². The van der Waals surface area contributed by atoms with Gasteiger partial charge in [0, 0.05) is 5.75 Å². The Morgan fingerprint density at radius 2 is 2.06 bits per heavy atom. The van der Waals surface area contributed by atoms with Crippen LogP contribution in [0.3, 0.4) is 0 Å². The van der Waals surface area contributed by atoms with Gasteiger partial charge in [-0.15, -0.1) is 5.10 Å². The predicted molar refractivity (Wildman–Crippen MR) is 71.0 cm³/mol. The first-order chi connectivity index (χ1) is 8.66. The van der Waals surface area contributed by atoms with Gasteiger partial charge in [-0.1, -0.05) is 23.4 Å². The molecule has 6 heteroatoms. The Hall–Kier alpha value is -1.82. The molecule has 5 nitrogen and oxygen atoms in total. The van der Waals surface area contributed by atoms with Gasteiger partial charge in [0.05, 0.1) is 5.69 Å². The molecule has 0 spiro atoms. The number of thioether (sulfide) groups is 1. The molecule has 1 N–H and O–H groups in total. The third-order valence-electron chi connectivity index (χ3n) is 2.24. The van der Waals surface area contributed by atoms with Crippen LogP contribution in [0.2, 0.25) is 0 Å². The van der Waals surface area contributed by atoms with Gasteiger partial charge in [0.1, 0.15) is 5.75 Å². The van der Waals surface area contributed by atoms with Crippen molar-refractivity contribution in [2.24, 2.45) is 0 Å². The zero-order valence-corrected chi connectivity index (χ0v) is 11.1. The lowest BCUT2D eigenvalue weighted by Crippen LogP contribution is -1.98. The molecule has 0 aliphatic rings. The zero-order valence-electron chi connectivity index (χ0n) is 10.2. The largest absolute Gasteiger partial charge is 0.508 e. The normalized spacial score (nSPS) is 10.3. The molecule has 2 rings (SSSR count). The van der Waals surface area contributed by atoms with E-state index in [9.17, 15) is 5.11 Å². The lowest BCUT2D eigenvalue weighted by molar-refractivity contribution is 0.475. The topological polar surface area (TPSA) is 63.8 Å².